The quantitative estimate of drug-likeness (QED) is 0.756. The van der Waals surface area contributed by atoms with Gasteiger partial charge in [-0.15, -0.1) is 0 Å². The second kappa shape index (κ2) is 6.79. The summed E-state index contributed by atoms with van der Waals surface area (Å²) < 4.78 is 28.8. The van der Waals surface area contributed by atoms with Crippen molar-refractivity contribution >= 4 is 9.84 Å². The van der Waals surface area contributed by atoms with E-state index < -0.39 is 9.84 Å². The van der Waals surface area contributed by atoms with Crippen LogP contribution in [0.5, 0.6) is 5.75 Å². The van der Waals surface area contributed by atoms with Gasteiger partial charge in [-0.05, 0) is 44.9 Å². The van der Waals surface area contributed by atoms with Gasteiger partial charge in [0.05, 0.1) is 18.1 Å². The minimum absolute atomic E-state index is 0.176. The van der Waals surface area contributed by atoms with Crippen molar-refractivity contribution in [1.29, 1.82) is 0 Å². The summed E-state index contributed by atoms with van der Waals surface area (Å²) in [6, 6.07) is 6.32. The van der Waals surface area contributed by atoms with Gasteiger partial charge in [-0.2, -0.15) is 0 Å². The average molecular weight is 311 g/mol. The molecule has 2 rings (SSSR count). The fourth-order valence-electron chi connectivity index (χ4n) is 2.82. The van der Waals surface area contributed by atoms with Crippen LogP contribution >= 0.6 is 0 Å². The molecule has 0 aromatic heterocycles. The fourth-order valence-corrected chi connectivity index (χ4v) is 4.63. The summed E-state index contributed by atoms with van der Waals surface area (Å²) in [5.41, 5.74) is 2.32. The first kappa shape index (κ1) is 16.3. The van der Waals surface area contributed by atoms with Crippen molar-refractivity contribution in [2.24, 2.45) is 0 Å². The predicted molar refractivity (Wildman–Crippen MR) is 85.7 cm³/mol. The third-order valence-corrected chi connectivity index (χ3v) is 5.89. The van der Waals surface area contributed by atoms with Gasteiger partial charge in [-0.3, -0.25) is 0 Å². The molecule has 0 N–H and O–H groups in total. The second-order valence-corrected chi connectivity index (χ2v) is 8.19. The van der Waals surface area contributed by atoms with Gasteiger partial charge in [-0.25, -0.2) is 8.42 Å². The summed E-state index contributed by atoms with van der Waals surface area (Å²) >= 11 is 0. The lowest BCUT2D eigenvalue weighted by molar-refractivity contribution is 0.226. The SMILES string of the molecule is Cc1cccc(C)c1OCCCN(C)[C@H]1CCS(=O)(=O)C1. The topological polar surface area (TPSA) is 46.6 Å². The number of aryl methyl sites for hydroxylation is 2. The van der Waals surface area contributed by atoms with E-state index in [1.807, 2.05) is 13.1 Å². The van der Waals surface area contributed by atoms with Crippen molar-refractivity contribution in [2.45, 2.75) is 32.7 Å². The molecule has 0 radical (unpaired) electrons. The molecule has 1 heterocycles. The van der Waals surface area contributed by atoms with Crippen molar-refractivity contribution < 1.29 is 13.2 Å². The smallest absolute Gasteiger partial charge is 0.151 e. The summed E-state index contributed by atoms with van der Waals surface area (Å²) in [7, 11) is -0.794. The van der Waals surface area contributed by atoms with E-state index in [1.54, 1.807) is 0 Å². The zero-order valence-electron chi connectivity index (χ0n) is 13.1. The Labute approximate surface area is 128 Å². The van der Waals surface area contributed by atoms with E-state index in [0.717, 1.165) is 36.3 Å². The molecule has 5 heteroatoms. The monoisotopic (exact) mass is 311 g/mol. The fraction of sp³-hybridized carbons (Fsp3) is 0.625. The first-order valence-electron chi connectivity index (χ1n) is 7.49. The molecule has 0 unspecified atom stereocenters. The van der Waals surface area contributed by atoms with Gasteiger partial charge >= 0.3 is 0 Å². The highest BCUT2D eigenvalue weighted by Gasteiger charge is 2.30. The van der Waals surface area contributed by atoms with Gasteiger partial charge in [0, 0.05) is 12.6 Å². The number of para-hydroxylation sites is 1. The molecule has 1 fully saturated rings. The highest BCUT2D eigenvalue weighted by Crippen LogP contribution is 2.22. The normalized spacial score (nSPS) is 20.9. The molecule has 21 heavy (non-hydrogen) atoms. The zero-order valence-corrected chi connectivity index (χ0v) is 13.9. The number of hydrogen-bond acceptors (Lipinski definition) is 4. The molecule has 1 saturated heterocycles. The number of nitrogens with zero attached hydrogens (tertiary/aromatic N) is 1. The van der Waals surface area contributed by atoms with Crippen LogP contribution in [0.15, 0.2) is 18.2 Å². The van der Waals surface area contributed by atoms with Crippen LogP contribution in [0.3, 0.4) is 0 Å². The van der Waals surface area contributed by atoms with Crippen LogP contribution in [0.1, 0.15) is 24.0 Å². The van der Waals surface area contributed by atoms with Crippen LogP contribution in [0.4, 0.5) is 0 Å². The molecule has 1 aliphatic rings. The minimum Gasteiger partial charge on any atom is -0.493 e. The molecule has 0 bridgehead atoms. The Morgan fingerprint density at radius 2 is 1.95 bits per heavy atom. The second-order valence-electron chi connectivity index (χ2n) is 5.96. The van der Waals surface area contributed by atoms with Gasteiger partial charge in [0.2, 0.25) is 0 Å². The van der Waals surface area contributed by atoms with E-state index in [0.29, 0.717) is 18.1 Å². The molecular formula is C16H25NO3S. The van der Waals surface area contributed by atoms with Crippen LogP contribution in [0, 0.1) is 13.8 Å². The van der Waals surface area contributed by atoms with E-state index in [9.17, 15) is 8.42 Å². The van der Waals surface area contributed by atoms with Crippen molar-refractivity contribution in [3.63, 3.8) is 0 Å². The largest absolute Gasteiger partial charge is 0.493 e. The van der Waals surface area contributed by atoms with Crippen molar-refractivity contribution in [1.82, 2.24) is 4.90 Å². The lowest BCUT2D eigenvalue weighted by Gasteiger charge is -2.23. The van der Waals surface area contributed by atoms with Gasteiger partial charge in [0.15, 0.2) is 9.84 Å². The van der Waals surface area contributed by atoms with E-state index in [4.69, 9.17) is 4.74 Å². The van der Waals surface area contributed by atoms with Gasteiger partial charge in [0.25, 0.3) is 0 Å². The maximum Gasteiger partial charge on any atom is 0.151 e. The predicted octanol–water partition coefficient (Wildman–Crippen LogP) is 2.19. The van der Waals surface area contributed by atoms with Crippen molar-refractivity contribution in [3.05, 3.63) is 29.3 Å². The molecule has 1 aromatic carbocycles. The number of benzene rings is 1. The molecule has 0 amide bonds. The number of rotatable bonds is 6. The first-order chi connectivity index (χ1) is 9.89. The maximum atomic E-state index is 11.5. The Morgan fingerprint density at radius 3 is 2.52 bits per heavy atom. The molecule has 0 aliphatic carbocycles. The van der Waals surface area contributed by atoms with E-state index >= 15 is 0 Å². The molecule has 0 spiro atoms. The number of ether oxygens (including phenoxy) is 1. The highest BCUT2D eigenvalue weighted by atomic mass is 32.2. The number of hydrogen-bond donors (Lipinski definition) is 0. The minimum atomic E-state index is -2.80. The van der Waals surface area contributed by atoms with E-state index in [1.165, 1.54) is 0 Å². The summed E-state index contributed by atoms with van der Waals surface area (Å²) in [5.74, 6) is 1.62. The average Bonchev–Trinajstić information content (AvgIpc) is 2.77. The third-order valence-electron chi connectivity index (χ3n) is 4.14. The lowest BCUT2D eigenvalue weighted by atomic mass is 10.1. The van der Waals surface area contributed by atoms with E-state index in [2.05, 4.69) is 30.9 Å². The maximum absolute atomic E-state index is 11.5. The van der Waals surface area contributed by atoms with Gasteiger partial charge in [0.1, 0.15) is 5.75 Å². The molecule has 1 atom stereocenters. The van der Waals surface area contributed by atoms with Crippen LogP contribution in [-0.2, 0) is 9.84 Å². The zero-order chi connectivity index (χ0) is 15.5. The van der Waals surface area contributed by atoms with Gasteiger partial charge in [-0.1, -0.05) is 18.2 Å². The lowest BCUT2D eigenvalue weighted by Crippen LogP contribution is -2.34. The number of sulfone groups is 1. The molecule has 1 aliphatic heterocycles. The van der Waals surface area contributed by atoms with Crippen LogP contribution in [-0.4, -0.2) is 51.1 Å². The van der Waals surface area contributed by atoms with Crippen LogP contribution in [0.2, 0.25) is 0 Å². The summed E-state index contributed by atoms with van der Waals surface area (Å²) in [6.45, 7) is 5.64. The molecular weight excluding hydrogens is 286 g/mol. The Kier molecular flexibility index (Phi) is 5.27. The summed E-state index contributed by atoms with van der Waals surface area (Å²) in [5, 5.41) is 0. The van der Waals surface area contributed by atoms with Gasteiger partial charge < -0.3 is 9.64 Å². The molecule has 0 saturated carbocycles. The third kappa shape index (κ3) is 4.45. The van der Waals surface area contributed by atoms with Crippen LogP contribution < -0.4 is 4.74 Å². The Bertz CT molecular complexity index is 563. The highest BCUT2D eigenvalue weighted by molar-refractivity contribution is 7.91. The Balaban J connectivity index is 1.75. The summed E-state index contributed by atoms with van der Waals surface area (Å²) in [6.07, 6.45) is 1.66. The van der Waals surface area contributed by atoms with Crippen molar-refractivity contribution in [3.8, 4) is 5.75 Å². The van der Waals surface area contributed by atoms with E-state index in [-0.39, 0.29) is 6.04 Å². The van der Waals surface area contributed by atoms with Crippen LogP contribution in [0.25, 0.3) is 0 Å². The van der Waals surface area contributed by atoms with Crippen molar-refractivity contribution in [2.75, 3.05) is 31.7 Å². The standard InChI is InChI=1S/C16H25NO3S/c1-13-6-4-7-14(2)16(13)20-10-5-9-17(3)15-8-11-21(18,19)12-15/h4,6-7,15H,5,8-12H2,1-3H3/t15-/m0/s1. The first-order valence-corrected chi connectivity index (χ1v) is 9.31. The molecule has 118 valence electrons. The summed E-state index contributed by atoms with van der Waals surface area (Å²) in [4.78, 5) is 2.15. The molecule has 4 nitrogen and oxygen atoms in total. The molecule has 1 aromatic rings. The Hall–Kier alpha value is -1.07. The Morgan fingerprint density at radius 1 is 1.29 bits per heavy atom.